The molecule has 0 unspecified atom stereocenters. The third kappa shape index (κ3) is 3.79. The van der Waals surface area contributed by atoms with Gasteiger partial charge in [0.1, 0.15) is 12.4 Å². The molecule has 1 aliphatic rings. The topological polar surface area (TPSA) is 29.5 Å². The molecule has 0 N–H and O–H groups in total. The molecule has 0 aromatic heterocycles. The second-order valence-electron chi connectivity index (χ2n) is 5.19. The van der Waals surface area contributed by atoms with Crippen LogP contribution in [0.1, 0.15) is 45.1 Å². The Kier molecular flexibility index (Phi) is 5.68. The highest BCUT2D eigenvalue weighted by Crippen LogP contribution is 2.35. The van der Waals surface area contributed by atoms with Crippen LogP contribution < -0.4 is 9.64 Å². The van der Waals surface area contributed by atoms with Crippen LogP contribution in [0.4, 0.5) is 5.69 Å². The quantitative estimate of drug-likeness (QED) is 0.769. The molecule has 1 aliphatic heterocycles. The van der Waals surface area contributed by atoms with Crippen LogP contribution in [-0.2, 0) is 4.79 Å². The fourth-order valence-corrected chi connectivity index (χ4v) is 2.59. The van der Waals surface area contributed by atoms with Crippen molar-refractivity contribution in [2.75, 3.05) is 18.1 Å². The molecule has 21 heavy (non-hydrogen) atoms. The van der Waals surface area contributed by atoms with Crippen molar-refractivity contribution in [3.05, 3.63) is 29.8 Å². The minimum absolute atomic E-state index is 0.169. The molecule has 0 fully saturated rings. The standard InChI is InChI=1S/C17H22ClNO2/c1-3-5-10-19(17(20)6-4-2)13-7-8-16-14(12-13)15(18)9-11-21-16/h7-9,12H,3-6,10-11H2,1-2H3. The lowest BCUT2D eigenvalue weighted by Gasteiger charge is -2.25. The molecule has 1 amide bonds. The minimum atomic E-state index is 0.169. The number of hydrogen-bond donors (Lipinski definition) is 0. The maximum atomic E-state index is 12.3. The SMILES string of the molecule is CCCCN(C(=O)CCC)c1ccc2c(c1)C(Cl)=CCO2. The van der Waals surface area contributed by atoms with Crippen molar-refractivity contribution in [2.24, 2.45) is 0 Å². The second-order valence-corrected chi connectivity index (χ2v) is 5.60. The maximum absolute atomic E-state index is 12.3. The van der Waals surface area contributed by atoms with Gasteiger partial charge in [0.25, 0.3) is 0 Å². The number of unbranched alkanes of at least 4 members (excludes halogenated alkanes) is 1. The van der Waals surface area contributed by atoms with Crippen molar-refractivity contribution < 1.29 is 9.53 Å². The van der Waals surface area contributed by atoms with E-state index in [4.69, 9.17) is 16.3 Å². The molecule has 0 spiro atoms. The van der Waals surface area contributed by atoms with Gasteiger partial charge in [-0.15, -0.1) is 0 Å². The molecule has 0 saturated carbocycles. The predicted octanol–water partition coefficient (Wildman–Crippen LogP) is 4.59. The Morgan fingerprint density at radius 2 is 2.14 bits per heavy atom. The molecule has 114 valence electrons. The molecular formula is C17H22ClNO2. The zero-order valence-electron chi connectivity index (χ0n) is 12.7. The van der Waals surface area contributed by atoms with E-state index in [0.717, 1.165) is 42.8 Å². The number of benzene rings is 1. The van der Waals surface area contributed by atoms with Crippen LogP contribution >= 0.6 is 11.6 Å². The van der Waals surface area contributed by atoms with Crippen LogP contribution in [0.2, 0.25) is 0 Å². The first-order valence-electron chi connectivity index (χ1n) is 7.60. The molecule has 4 heteroatoms. The Morgan fingerprint density at radius 1 is 1.33 bits per heavy atom. The van der Waals surface area contributed by atoms with Gasteiger partial charge in [-0.2, -0.15) is 0 Å². The number of hydrogen-bond acceptors (Lipinski definition) is 2. The lowest BCUT2D eigenvalue weighted by molar-refractivity contribution is -0.118. The monoisotopic (exact) mass is 307 g/mol. The number of nitrogens with zero attached hydrogens (tertiary/aromatic N) is 1. The molecular weight excluding hydrogens is 286 g/mol. The van der Waals surface area contributed by atoms with Gasteiger partial charge in [0.15, 0.2) is 0 Å². The summed E-state index contributed by atoms with van der Waals surface area (Å²) in [5, 5.41) is 0.691. The van der Waals surface area contributed by atoms with Crippen molar-refractivity contribution in [3.63, 3.8) is 0 Å². The maximum Gasteiger partial charge on any atom is 0.226 e. The first-order valence-corrected chi connectivity index (χ1v) is 7.98. The highest BCUT2D eigenvalue weighted by atomic mass is 35.5. The fourth-order valence-electron chi connectivity index (χ4n) is 2.38. The van der Waals surface area contributed by atoms with E-state index in [0.29, 0.717) is 18.1 Å². The van der Waals surface area contributed by atoms with Gasteiger partial charge in [-0.3, -0.25) is 4.79 Å². The van der Waals surface area contributed by atoms with E-state index in [-0.39, 0.29) is 5.91 Å². The third-order valence-corrected chi connectivity index (χ3v) is 3.89. The molecule has 0 radical (unpaired) electrons. The number of carbonyl (C=O) groups is 1. The van der Waals surface area contributed by atoms with Crippen LogP contribution in [0.5, 0.6) is 5.75 Å². The normalized spacial score (nSPS) is 13.2. The summed E-state index contributed by atoms with van der Waals surface area (Å²) in [6.45, 7) is 5.40. The Balaban J connectivity index is 2.30. The summed E-state index contributed by atoms with van der Waals surface area (Å²) in [6, 6.07) is 5.80. The number of amides is 1. The van der Waals surface area contributed by atoms with Gasteiger partial charge < -0.3 is 9.64 Å². The summed E-state index contributed by atoms with van der Waals surface area (Å²) < 4.78 is 5.55. The Morgan fingerprint density at radius 3 is 2.86 bits per heavy atom. The second kappa shape index (κ2) is 7.51. The van der Waals surface area contributed by atoms with Crippen LogP contribution in [0.3, 0.4) is 0 Å². The Hall–Kier alpha value is -1.48. The summed E-state index contributed by atoms with van der Waals surface area (Å²) in [6.07, 6.45) is 5.33. The molecule has 1 heterocycles. The van der Waals surface area contributed by atoms with Gasteiger partial charge in [-0.1, -0.05) is 31.9 Å². The lowest BCUT2D eigenvalue weighted by atomic mass is 10.1. The minimum Gasteiger partial charge on any atom is -0.489 e. The highest BCUT2D eigenvalue weighted by Gasteiger charge is 2.18. The summed E-state index contributed by atoms with van der Waals surface area (Å²) >= 11 is 6.25. The van der Waals surface area contributed by atoms with Crippen molar-refractivity contribution >= 4 is 28.2 Å². The van der Waals surface area contributed by atoms with E-state index in [2.05, 4.69) is 6.92 Å². The van der Waals surface area contributed by atoms with Crippen LogP contribution in [-0.4, -0.2) is 19.1 Å². The lowest BCUT2D eigenvalue weighted by Crippen LogP contribution is -2.31. The van der Waals surface area contributed by atoms with E-state index in [1.807, 2.05) is 36.1 Å². The van der Waals surface area contributed by atoms with Gasteiger partial charge in [-0.25, -0.2) is 0 Å². The van der Waals surface area contributed by atoms with E-state index in [1.165, 1.54) is 0 Å². The molecule has 1 aromatic rings. The van der Waals surface area contributed by atoms with Gasteiger partial charge in [0, 0.05) is 24.2 Å². The molecule has 0 saturated heterocycles. The molecule has 2 rings (SSSR count). The fraction of sp³-hybridized carbons (Fsp3) is 0.471. The van der Waals surface area contributed by atoms with Gasteiger partial charge in [0.2, 0.25) is 5.91 Å². The summed E-state index contributed by atoms with van der Waals surface area (Å²) in [7, 11) is 0. The number of fused-ring (bicyclic) bond motifs is 1. The average Bonchev–Trinajstić information content (AvgIpc) is 2.48. The van der Waals surface area contributed by atoms with Crippen molar-refractivity contribution in [2.45, 2.75) is 39.5 Å². The van der Waals surface area contributed by atoms with Crippen molar-refractivity contribution in [1.82, 2.24) is 0 Å². The van der Waals surface area contributed by atoms with E-state index in [9.17, 15) is 4.79 Å². The number of rotatable bonds is 6. The molecule has 0 bridgehead atoms. The van der Waals surface area contributed by atoms with Crippen LogP contribution in [0.25, 0.3) is 5.03 Å². The Bertz CT molecular complexity index is 540. The van der Waals surface area contributed by atoms with E-state index >= 15 is 0 Å². The molecule has 0 atom stereocenters. The summed E-state index contributed by atoms with van der Waals surface area (Å²) in [5.74, 6) is 0.951. The van der Waals surface area contributed by atoms with E-state index in [1.54, 1.807) is 0 Å². The summed E-state index contributed by atoms with van der Waals surface area (Å²) in [4.78, 5) is 14.2. The van der Waals surface area contributed by atoms with Gasteiger partial charge in [0.05, 0.1) is 5.03 Å². The highest BCUT2D eigenvalue weighted by molar-refractivity contribution is 6.49. The first-order chi connectivity index (χ1) is 10.2. The summed E-state index contributed by atoms with van der Waals surface area (Å²) in [5.41, 5.74) is 1.77. The Labute approximate surface area is 131 Å². The van der Waals surface area contributed by atoms with Gasteiger partial charge >= 0.3 is 0 Å². The first kappa shape index (κ1) is 15.9. The predicted molar refractivity (Wildman–Crippen MR) is 87.9 cm³/mol. The molecule has 1 aromatic carbocycles. The smallest absolute Gasteiger partial charge is 0.226 e. The number of halogens is 1. The number of ether oxygens (including phenoxy) is 1. The van der Waals surface area contributed by atoms with E-state index < -0.39 is 0 Å². The molecule has 0 aliphatic carbocycles. The number of anilines is 1. The van der Waals surface area contributed by atoms with Gasteiger partial charge in [-0.05, 0) is 37.1 Å². The molecule has 3 nitrogen and oxygen atoms in total. The average molecular weight is 308 g/mol. The van der Waals surface area contributed by atoms with Crippen molar-refractivity contribution in [1.29, 1.82) is 0 Å². The van der Waals surface area contributed by atoms with Crippen LogP contribution in [0, 0.1) is 0 Å². The zero-order valence-corrected chi connectivity index (χ0v) is 13.4. The largest absolute Gasteiger partial charge is 0.489 e. The number of carbonyl (C=O) groups excluding carboxylic acids is 1. The van der Waals surface area contributed by atoms with Crippen molar-refractivity contribution in [3.8, 4) is 5.75 Å². The van der Waals surface area contributed by atoms with Crippen LogP contribution in [0.15, 0.2) is 24.3 Å². The third-order valence-electron chi connectivity index (χ3n) is 3.53. The zero-order chi connectivity index (χ0) is 15.2.